The van der Waals surface area contributed by atoms with E-state index in [2.05, 4.69) is 21.7 Å². The normalized spacial score (nSPS) is 14.2. The number of nitrogens with zero attached hydrogens (tertiary/aromatic N) is 3. The summed E-state index contributed by atoms with van der Waals surface area (Å²) in [5.74, 6) is 0.129. The van der Waals surface area contributed by atoms with Crippen LogP contribution in [-0.2, 0) is 22.1 Å². The summed E-state index contributed by atoms with van der Waals surface area (Å²) in [7, 11) is 1.44. The number of alkyl halides is 3. The second kappa shape index (κ2) is 8.83. The minimum atomic E-state index is -4.65. The Balaban J connectivity index is 2.66. The summed E-state index contributed by atoms with van der Waals surface area (Å²) < 4.78 is 58.2. The largest absolute Gasteiger partial charge is 0.611 e. The summed E-state index contributed by atoms with van der Waals surface area (Å²) in [6, 6.07) is 0.913. The molecule has 0 spiro atoms. The van der Waals surface area contributed by atoms with Crippen LogP contribution in [0.15, 0.2) is 26.5 Å². The Labute approximate surface area is 160 Å². The highest BCUT2D eigenvalue weighted by Crippen LogP contribution is 2.44. The van der Waals surface area contributed by atoms with E-state index < -0.39 is 22.9 Å². The van der Waals surface area contributed by atoms with E-state index in [4.69, 9.17) is 10.5 Å². The van der Waals surface area contributed by atoms with Crippen LogP contribution in [0, 0.1) is 0 Å². The molecule has 11 heteroatoms. The van der Waals surface area contributed by atoms with E-state index in [-0.39, 0.29) is 38.2 Å². The highest BCUT2D eigenvalue weighted by molar-refractivity contribution is 7.93. The van der Waals surface area contributed by atoms with Crippen molar-refractivity contribution in [3.8, 4) is 0 Å². The van der Waals surface area contributed by atoms with Crippen molar-refractivity contribution in [3.05, 3.63) is 23.5 Å². The van der Waals surface area contributed by atoms with Gasteiger partial charge in [-0.15, -0.1) is 0 Å². The van der Waals surface area contributed by atoms with Gasteiger partial charge >= 0.3 is 6.18 Å². The lowest BCUT2D eigenvalue weighted by Crippen LogP contribution is -2.12. The van der Waals surface area contributed by atoms with Gasteiger partial charge in [0.15, 0.2) is 0 Å². The quantitative estimate of drug-likeness (QED) is 0.421. The lowest BCUT2D eigenvalue weighted by Gasteiger charge is -2.11. The summed E-state index contributed by atoms with van der Waals surface area (Å²) in [5.41, 5.74) is 5.31. The molecule has 6 nitrogen and oxygen atoms in total. The number of fused-ring (bicyclic) bond motifs is 1. The first-order chi connectivity index (χ1) is 12.7. The maximum absolute atomic E-state index is 13.6. The molecule has 0 aliphatic rings. The van der Waals surface area contributed by atoms with Gasteiger partial charge in [-0.1, -0.05) is 11.3 Å². The van der Waals surface area contributed by atoms with Crippen LogP contribution in [0.25, 0.3) is 15.8 Å². The highest BCUT2D eigenvalue weighted by Gasteiger charge is 2.37. The fraction of sp³-hybridized carbons (Fsp3) is 0.312. The minimum Gasteiger partial charge on any atom is -0.611 e. The molecule has 0 bridgehead atoms. The molecule has 0 amide bonds. The Kier molecular flexibility index (Phi) is 6.98. The number of hydrogen-bond acceptors (Lipinski definition) is 6. The van der Waals surface area contributed by atoms with Crippen molar-refractivity contribution in [1.29, 1.82) is 0 Å². The van der Waals surface area contributed by atoms with E-state index in [1.54, 1.807) is 6.92 Å². The first kappa shape index (κ1) is 21.4. The SMILES string of the molecule is C=N/C=N\C=C(/C)c1cc(C(F)(F)F)c2c(N)c([S@@+]([O-])CCOC)sc2n1. The van der Waals surface area contributed by atoms with Gasteiger partial charge in [0.05, 0.1) is 23.3 Å². The van der Waals surface area contributed by atoms with E-state index in [1.807, 2.05) is 0 Å². The van der Waals surface area contributed by atoms with Gasteiger partial charge in [-0.3, -0.25) is 4.99 Å². The number of rotatable bonds is 7. The average molecular weight is 418 g/mol. The van der Waals surface area contributed by atoms with Crippen molar-refractivity contribution in [2.45, 2.75) is 17.3 Å². The number of nitrogen functional groups attached to an aromatic ring is 1. The molecular weight excluding hydrogens is 401 g/mol. The molecule has 0 aliphatic heterocycles. The van der Waals surface area contributed by atoms with Gasteiger partial charge in [-0.25, -0.2) is 9.98 Å². The molecule has 2 rings (SSSR count). The van der Waals surface area contributed by atoms with Crippen LogP contribution in [-0.4, -0.2) is 42.1 Å². The van der Waals surface area contributed by atoms with Crippen LogP contribution in [0.4, 0.5) is 18.9 Å². The smallest absolute Gasteiger partial charge is 0.417 e. The second-order valence-corrected chi connectivity index (χ2v) is 8.10. The summed E-state index contributed by atoms with van der Waals surface area (Å²) in [6.45, 7) is 4.99. The van der Waals surface area contributed by atoms with Gasteiger partial charge in [0, 0.05) is 24.5 Å². The molecule has 1 atom stereocenters. The molecule has 0 saturated carbocycles. The number of anilines is 1. The van der Waals surface area contributed by atoms with E-state index >= 15 is 0 Å². The van der Waals surface area contributed by atoms with E-state index in [1.165, 1.54) is 13.3 Å². The Hall–Kier alpha value is -1.95. The molecule has 0 aromatic carbocycles. The lowest BCUT2D eigenvalue weighted by atomic mass is 10.1. The van der Waals surface area contributed by atoms with Gasteiger partial charge in [-0.05, 0) is 25.3 Å². The molecule has 0 radical (unpaired) electrons. The number of thiophene rings is 1. The summed E-state index contributed by atoms with van der Waals surface area (Å²) in [6.07, 6.45) is -2.16. The third kappa shape index (κ3) is 4.86. The Bertz CT molecular complexity index is 894. The second-order valence-electron chi connectivity index (χ2n) is 5.34. The third-order valence-corrected chi connectivity index (χ3v) is 6.34. The van der Waals surface area contributed by atoms with E-state index in [9.17, 15) is 17.7 Å². The van der Waals surface area contributed by atoms with Gasteiger partial charge in [0.25, 0.3) is 0 Å². The van der Waals surface area contributed by atoms with Gasteiger partial charge in [-0.2, -0.15) is 13.2 Å². The van der Waals surface area contributed by atoms with E-state index in [0.717, 1.165) is 23.7 Å². The predicted molar refractivity (Wildman–Crippen MR) is 104 cm³/mol. The average Bonchev–Trinajstić information content (AvgIpc) is 2.95. The van der Waals surface area contributed by atoms with Crippen molar-refractivity contribution in [3.63, 3.8) is 0 Å². The van der Waals surface area contributed by atoms with Crippen molar-refractivity contribution in [2.24, 2.45) is 9.98 Å². The predicted octanol–water partition coefficient (Wildman–Crippen LogP) is 3.74. The molecule has 0 aliphatic carbocycles. The van der Waals surface area contributed by atoms with Crippen molar-refractivity contribution in [1.82, 2.24) is 4.98 Å². The number of hydrogen-bond donors (Lipinski definition) is 1. The molecule has 0 fully saturated rings. The number of allylic oxidation sites excluding steroid dienone is 1. The zero-order valence-corrected chi connectivity index (χ0v) is 16.2. The van der Waals surface area contributed by atoms with Crippen LogP contribution in [0.1, 0.15) is 18.2 Å². The van der Waals surface area contributed by atoms with E-state index in [0.29, 0.717) is 5.57 Å². The Morgan fingerprint density at radius 1 is 1.52 bits per heavy atom. The van der Waals surface area contributed by atoms with Crippen LogP contribution in [0.5, 0.6) is 0 Å². The van der Waals surface area contributed by atoms with Crippen LogP contribution >= 0.6 is 11.3 Å². The van der Waals surface area contributed by atoms with Crippen molar-refractivity contribution < 1.29 is 22.5 Å². The standard InChI is InChI=1S/C16H17F3N4O2S2/c1-9(7-22-8-21-2)11-6-10(16(17,18)19)12-13(20)15(26-14(12)23-11)27(24)5-4-25-3/h6-8H,2,4-5,20H2,1,3H3/b9-7+,22-8-/t27-/m0/s1. The first-order valence-electron chi connectivity index (χ1n) is 7.52. The van der Waals surface area contributed by atoms with Crippen LogP contribution in [0.2, 0.25) is 0 Å². The number of aromatic nitrogens is 1. The maximum atomic E-state index is 13.6. The summed E-state index contributed by atoms with van der Waals surface area (Å²) >= 11 is -0.696. The molecule has 2 aromatic heterocycles. The number of ether oxygens (including phenoxy) is 1. The fourth-order valence-corrected chi connectivity index (χ4v) is 4.77. The highest BCUT2D eigenvalue weighted by atomic mass is 32.2. The molecule has 2 N–H and O–H groups in total. The maximum Gasteiger partial charge on any atom is 0.417 e. The molecule has 2 aromatic rings. The third-order valence-electron chi connectivity index (χ3n) is 3.47. The van der Waals surface area contributed by atoms with Gasteiger partial charge in [0.2, 0.25) is 4.21 Å². The molecule has 2 heterocycles. The lowest BCUT2D eigenvalue weighted by molar-refractivity contribution is -0.136. The van der Waals surface area contributed by atoms with Gasteiger partial charge < -0.3 is 15.0 Å². The zero-order chi connectivity index (χ0) is 20.2. The van der Waals surface area contributed by atoms with Crippen LogP contribution in [0.3, 0.4) is 0 Å². The van der Waals surface area contributed by atoms with Crippen LogP contribution < -0.4 is 5.73 Å². The Morgan fingerprint density at radius 2 is 2.22 bits per heavy atom. The summed E-state index contributed by atoms with van der Waals surface area (Å²) in [4.78, 5) is 11.5. The number of nitrogens with two attached hydrogens (primary N) is 1. The van der Waals surface area contributed by atoms with Gasteiger partial charge in [0.1, 0.15) is 22.6 Å². The zero-order valence-electron chi connectivity index (χ0n) is 14.5. The molecule has 27 heavy (non-hydrogen) atoms. The molecule has 146 valence electrons. The number of pyridine rings is 1. The number of methoxy groups -OCH3 is 1. The number of aliphatic imine (C=N–C) groups is 2. The summed E-state index contributed by atoms with van der Waals surface area (Å²) in [5, 5.41) is -0.235. The number of halogens is 3. The molecule has 0 unspecified atom stereocenters. The fourth-order valence-electron chi connectivity index (χ4n) is 2.21. The monoisotopic (exact) mass is 418 g/mol. The first-order valence-corrected chi connectivity index (χ1v) is 9.66. The molecular formula is C16H17F3N4O2S2. The molecule has 0 saturated heterocycles. The topological polar surface area (TPSA) is 95.9 Å². The minimum absolute atomic E-state index is 0.0664. The van der Waals surface area contributed by atoms with Crippen molar-refractivity contribution in [2.75, 3.05) is 25.2 Å². The van der Waals surface area contributed by atoms with Crippen molar-refractivity contribution >= 4 is 57.0 Å². The Morgan fingerprint density at radius 3 is 2.81 bits per heavy atom.